The molecule has 0 saturated carbocycles. The summed E-state index contributed by atoms with van der Waals surface area (Å²) < 4.78 is 0. The average Bonchev–Trinajstić information content (AvgIpc) is 2.30. The molecule has 0 radical (unpaired) electrons. The summed E-state index contributed by atoms with van der Waals surface area (Å²) in [6.45, 7) is 0. The molecule has 2 rings (SSSR count). The minimum absolute atomic E-state index is 0. The van der Waals surface area contributed by atoms with E-state index in [-0.39, 0.29) is 57.2 Å². The van der Waals surface area contributed by atoms with Gasteiger partial charge < -0.3 is 0 Å². The second-order valence-corrected chi connectivity index (χ2v) is 3.64. The van der Waals surface area contributed by atoms with Crippen LogP contribution in [0.2, 0.25) is 5.02 Å². The number of hydrogen-bond donors (Lipinski definition) is 0. The van der Waals surface area contributed by atoms with Gasteiger partial charge in [0.05, 0.1) is 0 Å². The van der Waals surface area contributed by atoms with Crippen molar-refractivity contribution in [3.8, 4) is 0 Å². The topological polar surface area (TPSA) is 17.1 Å². The molecule has 0 aliphatic rings. The smallest absolute Gasteiger partial charge is 0.289 e. The second-order valence-electron chi connectivity index (χ2n) is 3.20. The van der Waals surface area contributed by atoms with Crippen LogP contribution in [0, 0.1) is 0 Å². The van der Waals surface area contributed by atoms with E-state index in [2.05, 4.69) is 0 Å². The van der Waals surface area contributed by atoms with Gasteiger partial charge in [0.25, 0.3) is 0 Å². The summed E-state index contributed by atoms with van der Waals surface area (Å²) in [5.74, 6) is 0.0206. The van der Waals surface area contributed by atoms with Crippen molar-refractivity contribution in [2.24, 2.45) is 0 Å². The van der Waals surface area contributed by atoms with Gasteiger partial charge in [0, 0.05) is 16.1 Å². The Kier molecular flexibility index (Phi) is 5.90. The minimum atomic E-state index is 0. The first-order valence-corrected chi connectivity index (χ1v) is 5.00. The predicted molar refractivity (Wildman–Crippen MR) is 61.3 cm³/mol. The van der Waals surface area contributed by atoms with Crippen LogP contribution in [0.3, 0.4) is 0 Å². The standard InChI is InChI=1S/C13H9ClO.K/c14-12-8-6-11(7-9-12)13(15)10-4-2-1-3-5-10;/h1-9H;/q;+1. The largest absolute Gasteiger partial charge is 1.00 e. The molecule has 0 aliphatic heterocycles. The molecule has 0 amide bonds. The zero-order valence-electron chi connectivity index (χ0n) is 8.98. The van der Waals surface area contributed by atoms with Crippen molar-refractivity contribution >= 4 is 17.4 Å². The molecule has 0 spiro atoms. The third kappa shape index (κ3) is 3.52. The van der Waals surface area contributed by atoms with Gasteiger partial charge in [-0.3, -0.25) is 4.79 Å². The van der Waals surface area contributed by atoms with Crippen molar-refractivity contribution in [2.45, 2.75) is 0 Å². The number of benzene rings is 2. The molecule has 1 nitrogen and oxygen atoms in total. The number of halogens is 1. The number of rotatable bonds is 2. The SMILES string of the molecule is O=C(c1ccccc1)c1ccc(Cl)cc1.[K+]. The molecule has 0 atom stereocenters. The monoisotopic (exact) mass is 255 g/mol. The molecule has 0 heterocycles. The Bertz CT molecular complexity index is 465. The predicted octanol–water partition coefficient (Wildman–Crippen LogP) is 0.575. The number of carbonyl (C=O) groups is 1. The maximum absolute atomic E-state index is 11.9. The van der Waals surface area contributed by atoms with Gasteiger partial charge in [0.1, 0.15) is 0 Å². The molecule has 0 saturated heterocycles. The van der Waals surface area contributed by atoms with Crippen molar-refractivity contribution in [2.75, 3.05) is 0 Å². The van der Waals surface area contributed by atoms with Gasteiger partial charge in [-0.15, -0.1) is 0 Å². The maximum atomic E-state index is 11.9. The Balaban J connectivity index is 0.00000128. The van der Waals surface area contributed by atoms with Gasteiger partial charge in [0.2, 0.25) is 0 Å². The summed E-state index contributed by atoms with van der Waals surface area (Å²) in [5, 5.41) is 0.639. The molecule has 2 aromatic rings. The van der Waals surface area contributed by atoms with E-state index >= 15 is 0 Å². The van der Waals surface area contributed by atoms with Crippen LogP contribution in [0.25, 0.3) is 0 Å². The molecule has 0 N–H and O–H groups in total. The average molecular weight is 256 g/mol. The Hall–Kier alpha value is 0.0364. The van der Waals surface area contributed by atoms with Crippen molar-refractivity contribution in [1.82, 2.24) is 0 Å². The fourth-order valence-corrected chi connectivity index (χ4v) is 1.48. The Morgan fingerprint density at radius 2 is 1.31 bits per heavy atom. The van der Waals surface area contributed by atoms with E-state index in [9.17, 15) is 4.79 Å². The van der Waals surface area contributed by atoms with Crippen LogP contribution in [0.5, 0.6) is 0 Å². The molecule has 0 fully saturated rings. The number of hydrogen-bond acceptors (Lipinski definition) is 1. The van der Waals surface area contributed by atoms with Crippen LogP contribution in [0.4, 0.5) is 0 Å². The van der Waals surface area contributed by atoms with Gasteiger partial charge in [-0.05, 0) is 24.3 Å². The molecule has 0 aliphatic carbocycles. The Labute approximate surface area is 142 Å². The van der Waals surface area contributed by atoms with Crippen molar-refractivity contribution < 1.29 is 56.2 Å². The van der Waals surface area contributed by atoms with E-state index < -0.39 is 0 Å². The molecule has 0 bridgehead atoms. The summed E-state index contributed by atoms with van der Waals surface area (Å²) in [6.07, 6.45) is 0. The first kappa shape index (κ1) is 14.1. The van der Waals surface area contributed by atoms with E-state index in [4.69, 9.17) is 11.6 Å². The van der Waals surface area contributed by atoms with Crippen LogP contribution < -0.4 is 51.4 Å². The summed E-state index contributed by atoms with van der Waals surface area (Å²) >= 11 is 5.75. The number of carbonyl (C=O) groups excluding carboxylic acids is 1. The summed E-state index contributed by atoms with van der Waals surface area (Å²) in [4.78, 5) is 11.9. The fraction of sp³-hybridized carbons (Fsp3) is 0. The molecule has 16 heavy (non-hydrogen) atoms. The van der Waals surface area contributed by atoms with Crippen molar-refractivity contribution in [1.29, 1.82) is 0 Å². The molecular formula is C13H9ClKO+. The third-order valence-electron chi connectivity index (χ3n) is 2.14. The molecule has 74 valence electrons. The minimum Gasteiger partial charge on any atom is -0.289 e. The van der Waals surface area contributed by atoms with Gasteiger partial charge >= 0.3 is 51.4 Å². The van der Waals surface area contributed by atoms with Crippen molar-refractivity contribution in [3.63, 3.8) is 0 Å². The van der Waals surface area contributed by atoms with E-state index in [0.29, 0.717) is 16.1 Å². The Morgan fingerprint density at radius 3 is 1.88 bits per heavy atom. The molecular weight excluding hydrogens is 247 g/mol. The van der Waals surface area contributed by atoms with E-state index in [1.807, 2.05) is 18.2 Å². The van der Waals surface area contributed by atoms with Gasteiger partial charge in [-0.25, -0.2) is 0 Å². The fourth-order valence-electron chi connectivity index (χ4n) is 1.36. The van der Waals surface area contributed by atoms with Crippen LogP contribution >= 0.6 is 11.6 Å². The molecule has 3 heteroatoms. The van der Waals surface area contributed by atoms with Crippen molar-refractivity contribution in [3.05, 3.63) is 70.7 Å². The van der Waals surface area contributed by atoms with E-state index in [1.54, 1.807) is 36.4 Å². The van der Waals surface area contributed by atoms with Gasteiger partial charge in [-0.2, -0.15) is 0 Å². The third-order valence-corrected chi connectivity index (χ3v) is 2.39. The van der Waals surface area contributed by atoms with Crippen LogP contribution in [0.1, 0.15) is 15.9 Å². The Morgan fingerprint density at radius 1 is 0.812 bits per heavy atom. The van der Waals surface area contributed by atoms with Crippen LogP contribution in [0.15, 0.2) is 54.6 Å². The summed E-state index contributed by atoms with van der Waals surface area (Å²) in [7, 11) is 0. The quantitative estimate of drug-likeness (QED) is 0.567. The second kappa shape index (κ2) is 6.69. The molecule has 0 unspecified atom stereocenters. The normalized spacial score (nSPS) is 9.31. The molecule has 2 aromatic carbocycles. The van der Waals surface area contributed by atoms with Crippen LogP contribution in [-0.4, -0.2) is 5.78 Å². The first-order valence-electron chi connectivity index (χ1n) is 4.63. The zero-order valence-corrected chi connectivity index (χ0v) is 12.9. The maximum Gasteiger partial charge on any atom is 1.00 e. The first-order chi connectivity index (χ1) is 7.27. The number of ketones is 1. The van der Waals surface area contributed by atoms with E-state index in [1.165, 1.54) is 0 Å². The van der Waals surface area contributed by atoms with Gasteiger partial charge in [-0.1, -0.05) is 41.9 Å². The summed E-state index contributed by atoms with van der Waals surface area (Å²) in [5.41, 5.74) is 1.35. The summed E-state index contributed by atoms with van der Waals surface area (Å²) in [6, 6.07) is 16.1. The van der Waals surface area contributed by atoms with E-state index in [0.717, 1.165) is 0 Å². The van der Waals surface area contributed by atoms with Gasteiger partial charge in [0.15, 0.2) is 5.78 Å². The van der Waals surface area contributed by atoms with Crippen LogP contribution in [-0.2, 0) is 0 Å². The molecule has 0 aromatic heterocycles. The zero-order chi connectivity index (χ0) is 10.7.